The molecule has 1 aliphatic rings. The second kappa shape index (κ2) is 6.04. The van der Waals surface area contributed by atoms with E-state index in [1.54, 1.807) is 4.90 Å². The molecule has 1 aromatic heterocycles. The molecule has 1 fully saturated rings. The van der Waals surface area contributed by atoms with Crippen molar-refractivity contribution >= 4 is 32.9 Å². The van der Waals surface area contributed by atoms with Gasteiger partial charge in [0.2, 0.25) is 0 Å². The number of amides is 1. The van der Waals surface area contributed by atoms with E-state index in [-0.39, 0.29) is 16.9 Å². The predicted molar refractivity (Wildman–Crippen MR) is 81.5 cm³/mol. The summed E-state index contributed by atoms with van der Waals surface area (Å²) < 4.78 is 19.4. The molecule has 1 amide bonds. The summed E-state index contributed by atoms with van der Waals surface area (Å²) in [6.45, 7) is 1.22. The minimum Gasteiger partial charge on any atom is -0.375 e. The zero-order valence-electron chi connectivity index (χ0n) is 11.6. The smallest absolute Gasteiger partial charge is 0.375 e. The quantitative estimate of drug-likeness (QED) is 0.838. The second-order valence-corrected chi connectivity index (χ2v) is 5.99. The number of rotatable bonds is 1. The van der Waals surface area contributed by atoms with Gasteiger partial charge < -0.3 is 9.64 Å². The van der Waals surface area contributed by atoms with Crippen molar-refractivity contribution in [1.82, 2.24) is 14.9 Å². The molecule has 0 saturated carbocycles. The molecule has 1 N–H and O–H groups in total. The molecule has 3 rings (SSSR count). The maximum atomic E-state index is 13.9. The molecule has 0 radical (unpaired) electrons. The van der Waals surface area contributed by atoms with E-state index >= 15 is 0 Å². The Hall–Kier alpha value is -1.96. The lowest BCUT2D eigenvalue weighted by Gasteiger charge is -2.25. The number of ether oxygens (including phenoxy) is 1. The number of aromatic nitrogens is 2. The van der Waals surface area contributed by atoms with Crippen molar-refractivity contribution in [3.63, 3.8) is 0 Å². The fourth-order valence-electron chi connectivity index (χ4n) is 2.42. The van der Waals surface area contributed by atoms with Crippen LogP contribution in [0.15, 0.2) is 21.4 Å². The van der Waals surface area contributed by atoms with Crippen LogP contribution >= 0.6 is 15.9 Å². The Bertz CT molecular complexity index is 787. The first-order valence-corrected chi connectivity index (χ1v) is 7.70. The van der Waals surface area contributed by atoms with Crippen molar-refractivity contribution < 1.29 is 13.9 Å². The van der Waals surface area contributed by atoms with E-state index < -0.39 is 17.5 Å². The van der Waals surface area contributed by atoms with Gasteiger partial charge in [0.05, 0.1) is 5.39 Å². The number of hydrogen-bond donors (Lipinski definition) is 1. The molecule has 1 saturated heterocycles. The first-order valence-electron chi connectivity index (χ1n) is 6.90. The average molecular weight is 370 g/mol. The number of H-pyrrole nitrogens is 1. The van der Waals surface area contributed by atoms with Gasteiger partial charge in [-0.05, 0) is 31.4 Å². The lowest BCUT2D eigenvalue weighted by atomic mass is 10.1. The molecule has 0 bridgehead atoms. The van der Waals surface area contributed by atoms with Crippen LogP contribution in [0.3, 0.4) is 0 Å². The normalized spacial score (nSPS) is 15.1. The van der Waals surface area contributed by atoms with Crippen LogP contribution in [0.2, 0.25) is 0 Å². The van der Waals surface area contributed by atoms with Gasteiger partial charge in [-0.2, -0.15) is 4.98 Å². The molecule has 0 spiro atoms. The summed E-state index contributed by atoms with van der Waals surface area (Å²) in [5.74, 6) is -0.661. The highest BCUT2D eigenvalue weighted by molar-refractivity contribution is 9.10. The highest BCUT2D eigenvalue weighted by Gasteiger charge is 2.20. The van der Waals surface area contributed by atoms with Gasteiger partial charge in [0.15, 0.2) is 5.82 Å². The van der Waals surface area contributed by atoms with Gasteiger partial charge in [-0.3, -0.25) is 9.78 Å². The summed E-state index contributed by atoms with van der Waals surface area (Å²) >= 11 is 3.12. The third-order valence-electron chi connectivity index (χ3n) is 3.50. The van der Waals surface area contributed by atoms with Crippen molar-refractivity contribution in [3.8, 4) is 6.01 Å². The largest absolute Gasteiger partial charge is 0.417 e. The number of aromatic amines is 1. The molecular weight excluding hydrogens is 357 g/mol. The Balaban J connectivity index is 1.91. The summed E-state index contributed by atoms with van der Waals surface area (Å²) in [5, 5.41) is 0.0876. The van der Waals surface area contributed by atoms with Crippen molar-refractivity contribution in [3.05, 3.63) is 32.8 Å². The van der Waals surface area contributed by atoms with Gasteiger partial charge in [-0.25, -0.2) is 9.18 Å². The standard InChI is InChI=1S/C14H13BrFN3O3/c15-8-6-9-11(10(16)7-8)17-13(18-12(9)20)22-14(21)19-4-2-1-3-5-19/h6-7H,1-5H2,(H,17,18,20). The van der Waals surface area contributed by atoms with Crippen molar-refractivity contribution in [2.24, 2.45) is 0 Å². The fourth-order valence-corrected chi connectivity index (χ4v) is 2.85. The Morgan fingerprint density at radius 3 is 2.77 bits per heavy atom. The Morgan fingerprint density at radius 1 is 1.32 bits per heavy atom. The molecule has 0 atom stereocenters. The van der Waals surface area contributed by atoms with E-state index in [1.165, 1.54) is 12.1 Å². The molecule has 2 aromatic rings. The summed E-state index contributed by atoms with van der Waals surface area (Å²) in [6, 6.07) is 2.36. The van der Waals surface area contributed by atoms with Gasteiger partial charge in [0, 0.05) is 17.6 Å². The van der Waals surface area contributed by atoms with Gasteiger partial charge >= 0.3 is 12.1 Å². The van der Waals surface area contributed by atoms with Crippen LogP contribution in [0.1, 0.15) is 19.3 Å². The molecule has 0 unspecified atom stereocenters. The maximum Gasteiger partial charge on any atom is 0.417 e. The summed E-state index contributed by atoms with van der Waals surface area (Å²) in [7, 11) is 0. The van der Waals surface area contributed by atoms with Crippen LogP contribution in [0, 0.1) is 5.82 Å². The van der Waals surface area contributed by atoms with E-state index in [1.807, 2.05) is 0 Å². The first-order chi connectivity index (χ1) is 10.5. The molecule has 6 nitrogen and oxygen atoms in total. The number of hydrogen-bond acceptors (Lipinski definition) is 4. The maximum absolute atomic E-state index is 13.9. The Kier molecular flexibility index (Phi) is 4.10. The lowest BCUT2D eigenvalue weighted by Crippen LogP contribution is -2.38. The highest BCUT2D eigenvalue weighted by Crippen LogP contribution is 2.20. The molecule has 22 heavy (non-hydrogen) atoms. The molecule has 8 heteroatoms. The van der Waals surface area contributed by atoms with Crippen LogP contribution in [-0.2, 0) is 0 Å². The predicted octanol–water partition coefficient (Wildman–Crippen LogP) is 2.81. The number of fused-ring (bicyclic) bond motifs is 1. The van der Waals surface area contributed by atoms with E-state index in [0.29, 0.717) is 17.6 Å². The third kappa shape index (κ3) is 2.96. The SMILES string of the molecule is O=C(Oc1nc2c(F)cc(Br)cc2c(=O)[nH]1)N1CCCCC1. The average Bonchev–Trinajstić information content (AvgIpc) is 2.49. The van der Waals surface area contributed by atoms with Crippen LogP contribution in [0.4, 0.5) is 9.18 Å². The van der Waals surface area contributed by atoms with Gasteiger partial charge in [-0.1, -0.05) is 15.9 Å². The zero-order valence-corrected chi connectivity index (χ0v) is 13.2. The number of piperidine rings is 1. The van der Waals surface area contributed by atoms with E-state index in [4.69, 9.17) is 4.74 Å². The van der Waals surface area contributed by atoms with Gasteiger partial charge in [0.25, 0.3) is 5.56 Å². The number of carbonyl (C=O) groups excluding carboxylic acids is 1. The number of benzene rings is 1. The van der Waals surface area contributed by atoms with E-state index in [9.17, 15) is 14.0 Å². The zero-order chi connectivity index (χ0) is 15.7. The Morgan fingerprint density at radius 2 is 2.05 bits per heavy atom. The van der Waals surface area contributed by atoms with E-state index in [2.05, 4.69) is 25.9 Å². The molecule has 1 aliphatic heterocycles. The molecule has 2 heterocycles. The molecule has 1 aromatic carbocycles. The molecule has 116 valence electrons. The summed E-state index contributed by atoms with van der Waals surface area (Å²) in [4.78, 5) is 31.8. The third-order valence-corrected chi connectivity index (χ3v) is 3.96. The second-order valence-electron chi connectivity index (χ2n) is 5.07. The van der Waals surface area contributed by atoms with Crippen LogP contribution in [0.5, 0.6) is 6.01 Å². The van der Waals surface area contributed by atoms with Crippen molar-refractivity contribution in [2.45, 2.75) is 19.3 Å². The highest BCUT2D eigenvalue weighted by atomic mass is 79.9. The Labute approximate surface area is 133 Å². The van der Waals surface area contributed by atoms with Crippen molar-refractivity contribution in [2.75, 3.05) is 13.1 Å². The lowest BCUT2D eigenvalue weighted by molar-refractivity contribution is 0.139. The number of carbonyl (C=O) groups is 1. The van der Waals surface area contributed by atoms with Gasteiger partial charge in [0.1, 0.15) is 5.52 Å². The minimum absolute atomic E-state index is 0.0876. The van der Waals surface area contributed by atoms with Crippen LogP contribution in [0.25, 0.3) is 10.9 Å². The molecular formula is C14H13BrFN3O3. The number of nitrogens with one attached hydrogen (secondary N) is 1. The van der Waals surface area contributed by atoms with Crippen molar-refractivity contribution in [1.29, 1.82) is 0 Å². The number of halogens is 2. The van der Waals surface area contributed by atoms with E-state index in [0.717, 1.165) is 19.3 Å². The fraction of sp³-hybridized carbons (Fsp3) is 0.357. The number of likely N-dealkylation sites (tertiary alicyclic amines) is 1. The summed E-state index contributed by atoms with van der Waals surface area (Å²) in [6.07, 6.45) is 2.33. The number of nitrogens with zero attached hydrogens (tertiary/aromatic N) is 2. The monoisotopic (exact) mass is 369 g/mol. The van der Waals surface area contributed by atoms with Crippen LogP contribution in [-0.4, -0.2) is 34.1 Å². The first kappa shape index (κ1) is 15.0. The molecule has 0 aliphatic carbocycles. The topological polar surface area (TPSA) is 75.3 Å². The van der Waals surface area contributed by atoms with Gasteiger partial charge in [-0.15, -0.1) is 0 Å². The summed E-state index contributed by atoms with van der Waals surface area (Å²) in [5.41, 5.74) is -0.694. The minimum atomic E-state index is -0.661. The van der Waals surface area contributed by atoms with Crippen LogP contribution < -0.4 is 10.3 Å².